The van der Waals surface area contributed by atoms with Gasteiger partial charge in [-0.05, 0) is 30.7 Å². The molecule has 104 valence electrons. The van der Waals surface area contributed by atoms with Gasteiger partial charge >= 0.3 is 0 Å². The van der Waals surface area contributed by atoms with E-state index in [1.54, 1.807) is 6.92 Å². The molecule has 0 atom stereocenters. The Morgan fingerprint density at radius 1 is 1.45 bits per heavy atom. The van der Waals surface area contributed by atoms with Crippen LogP contribution >= 0.6 is 0 Å². The van der Waals surface area contributed by atoms with Gasteiger partial charge < -0.3 is 4.52 Å². The molecule has 1 aromatic heterocycles. The Kier molecular flexibility index (Phi) is 4.12. The second-order valence-corrected chi connectivity index (χ2v) is 5.82. The lowest BCUT2D eigenvalue weighted by Crippen LogP contribution is -2.26. The molecule has 2 aromatic rings. The van der Waals surface area contributed by atoms with Gasteiger partial charge in [-0.1, -0.05) is 5.16 Å². The maximum Gasteiger partial charge on any atom is 0.240 e. The van der Waals surface area contributed by atoms with Crippen LogP contribution in [0, 0.1) is 18.3 Å². The molecule has 1 aromatic carbocycles. The second-order valence-electron chi connectivity index (χ2n) is 4.09. The fourth-order valence-corrected chi connectivity index (χ4v) is 2.95. The van der Waals surface area contributed by atoms with Crippen LogP contribution < -0.4 is 4.72 Å². The van der Waals surface area contributed by atoms with Crippen LogP contribution in [0.5, 0.6) is 0 Å². The molecule has 0 aliphatic carbocycles. The average Bonchev–Trinajstić information content (AvgIpc) is 2.91. The van der Waals surface area contributed by atoms with Gasteiger partial charge in [0, 0.05) is 13.0 Å². The van der Waals surface area contributed by atoms with Gasteiger partial charge in [0.1, 0.15) is 0 Å². The highest BCUT2D eigenvalue weighted by atomic mass is 32.2. The number of aromatic nitrogens is 2. The number of sulfonamides is 1. The van der Waals surface area contributed by atoms with Gasteiger partial charge in [0.2, 0.25) is 16.4 Å². The quantitative estimate of drug-likeness (QED) is 0.871. The van der Waals surface area contributed by atoms with Crippen LogP contribution in [0.1, 0.15) is 17.0 Å². The van der Waals surface area contributed by atoms with Crippen molar-refractivity contribution in [1.82, 2.24) is 14.9 Å². The Morgan fingerprint density at radius 3 is 2.85 bits per heavy atom. The number of rotatable bonds is 5. The summed E-state index contributed by atoms with van der Waals surface area (Å²) < 4.78 is 31.3. The van der Waals surface area contributed by atoms with Crippen LogP contribution in [0.4, 0.5) is 0 Å². The molecular weight excluding hydrogens is 280 g/mol. The molecule has 0 bridgehead atoms. The minimum atomic E-state index is -3.61. The first kappa shape index (κ1) is 14.2. The van der Waals surface area contributed by atoms with E-state index in [-0.39, 0.29) is 11.4 Å². The molecule has 8 heteroatoms. The summed E-state index contributed by atoms with van der Waals surface area (Å²) in [5.74, 6) is 0.434. The van der Waals surface area contributed by atoms with E-state index in [0.717, 1.165) is 0 Å². The van der Waals surface area contributed by atoms with Crippen LogP contribution in [-0.4, -0.2) is 25.1 Å². The smallest absolute Gasteiger partial charge is 0.240 e. The highest BCUT2D eigenvalue weighted by Crippen LogP contribution is 2.16. The van der Waals surface area contributed by atoms with Gasteiger partial charge in [-0.25, -0.2) is 13.1 Å². The third-order valence-electron chi connectivity index (χ3n) is 2.64. The number of hydrogen-bond donors (Lipinski definition) is 1. The number of hydrogen-bond acceptors (Lipinski definition) is 6. The SMILES string of the molecule is Cc1cc(C#N)ccc1S(=O)(=O)NCCc1ncon1. The van der Waals surface area contributed by atoms with Crippen molar-refractivity contribution in [3.63, 3.8) is 0 Å². The van der Waals surface area contributed by atoms with Crippen LogP contribution in [0.2, 0.25) is 0 Å². The average molecular weight is 292 g/mol. The molecule has 20 heavy (non-hydrogen) atoms. The standard InChI is InChI=1S/C12H12N4O3S/c1-9-6-10(7-13)2-3-11(9)20(17,18)15-5-4-12-14-8-19-16-12/h2-3,6,8,15H,4-5H2,1H3. The van der Waals surface area contributed by atoms with Crippen molar-refractivity contribution in [2.75, 3.05) is 6.54 Å². The van der Waals surface area contributed by atoms with Gasteiger partial charge in [-0.15, -0.1) is 0 Å². The first-order chi connectivity index (χ1) is 9.53. The first-order valence-electron chi connectivity index (χ1n) is 5.78. The van der Waals surface area contributed by atoms with Crippen LogP contribution in [0.25, 0.3) is 0 Å². The Bertz CT molecular complexity index is 733. The lowest BCUT2D eigenvalue weighted by atomic mass is 10.2. The molecular formula is C12H12N4O3S. The molecule has 7 nitrogen and oxygen atoms in total. The van der Waals surface area contributed by atoms with E-state index in [0.29, 0.717) is 23.4 Å². The Labute approximate surface area is 116 Å². The van der Waals surface area contributed by atoms with E-state index in [2.05, 4.69) is 19.4 Å². The van der Waals surface area contributed by atoms with Crippen molar-refractivity contribution in [3.8, 4) is 6.07 Å². The number of nitrogens with one attached hydrogen (secondary N) is 1. The summed E-state index contributed by atoms with van der Waals surface area (Å²) in [6.07, 6.45) is 1.53. The molecule has 0 saturated heterocycles. The van der Waals surface area contributed by atoms with Crippen molar-refractivity contribution in [2.45, 2.75) is 18.2 Å². The summed E-state index contributed by atoms with van der Waals surface area (Å²) >= 11 is 0. The number of benzene rings is 1. The van der Waals surface area contributed by atoms with E-state index in [9.17, 15) is 8.42 Å². The Morgan fingerprint density at radius 2 is 2.25 bits per heavy atom. The minimum Gasteiger partial charge on any atom is -0.343 e. The zero-order valence-corrected chi connectivity index (χ0v) is 11.5. The highest BCUT2D eigenvalue weighted by Gasteiger charge is 2.16. The van der Waals surface area contributed by atoms with Gasteiger partial charge in [-0.2, -0.15) is 10.2 Å². The predicted molar refractivity (Wildman–Crippen MR) is 69.1 cm³/mol. The van der Waals surface area contributed by atoms with Crippen LogP contribution in [0.3, 0.4) is 0 Å². The molecule has 0 spiro atoms. The molecule has 0 fully saturated rings. The normalized spacial score (nSPS) is 11.2. The summed E-state index contributed by atoms with van der Waals surface area (Å²) in [6, 6.07) is 6.40. The summed E-state index contributed by atoms with van der Waals surface area (Å²) in [5.41, 5.74) is 0.948. The number of aryl methyl sites for hydroxylation is 1. The summed E-state index contributed by atoms with van der Waals surface area (Å²) in [5, 5.41) is 12.4. The fourth-order valence-electron chi connectivity index (χ4n) is 1.70. The Hall–Kier alpha value is -2.24. The first-order valence-corrected chi connectivity index (χ1v) is 7.27. The number of nitriles is 1. The maximum atomic E-state index is 12.1. The van der Waals surface area contributed by atoms with Crippen molar-refractivity contribution in [2.24, 2.45) is 0 Å². The molecule has 1 heterocycles. The van der Waals surface area contributed by atoms with Crippen molar-refractivity contribution < 1.29 is 12.9 Å². The molecule has 0 amide bonds. The molecule has 0 aliphatic heterocycles. The van der Waals surface area contributed by atoms with Crippen LogP contribution in [-0.2, 0) is 16.4 Å². The second kappa shape index (κ2) is 5.81. The largest absolute Gasteiger partial charge is 0.343 e. The molecule has 0 radical (unpaired) electrons. The third kappa shape index (κ3) is 3.20. The minimum absolute atomic E-state index is 0.157. The summed E-state index contributed by atoms with van der Waals surface area (Å²) in [6.45, 7) is 1.82. The fraction of sp³-hybridized carbons (Fsp3) is 0.250. The van der Waals surface area contributed by atoms with E-state index in [4.69, 9.17) is 5.26 Å². The molecule has 1 N–H and O–H groups in total. The van der Waals surface area contributed by atoms with Crippen LogP contribution in [0.15, 0.2) is 34.0 Å². The zero-order valence-electron chi connectivity index (χ0n) is 10.7. The molecule has 0 unspecified atom stereocenters. The topological polar surface area (TPSA) is 109 Å². The van der Waals surface area contributed by atoms with Crippen molar-refractivity contribution >= 4 is 10.0 Å². The summed E-state index contributed by atoms with van der Waals surface area (Å²) in [4.78, 5) is 3.96. The molecule has 0 saturated carbocycles. The van der Waals surface area contributed by atoms with E-state index in [1.165, 1.54) is 24.6 Å². The van der Waals surface area contributed by atoms with Gasteiger partial charge in [0.05, 0.1) is 16.5 Å². The lowest BCUT2D eigenvalue weighted by molar-refractivity contribution is 0.410. The van der Waals surface area contributed by atoms with Gasteiger partial charge in [-0.3, -0.25) is 0 Å². The van der Waals surface area contributed by atoms with Gasteiger partial charge in [0.15, 0.2) is 5.82 Å². The predicted octanol–water partition coefficient (Wildman–Crippen LogP) is 0.771. The van der Waals surface area contributed by atoms with E-state index >= 15 is 0 Å². The third-order valence-corrected chi connectivity index (χ3v) is 4.26. The highest BCUT2D eigenvalue weighted by molar-refractivity contribution is 7.89. The monoisotopic (exact) mass is 292 g/mol. The molecule has 2 rings (SSSR count). The Balaban J connectivity index is 2.08. The number of nitrogens with zero attached hydrogens (tertiary/aromatic N) is 3. The van der Waals surface area contributed by atoms with Crippen molar-refractivity contribution in [1.29, 1.82) is 5.26 Å². The van der Waals surface area contributed by atoms with E-state index in [1.807, 2.05) is 6.07 Å². The summed E-state index contributed by atoms with van der Waals surface area (Å²) in [7, 11) is -3.61. The maximum absolute atomic E-state index is 12.1. The lowest BCUT2D eigenvalue weighted by Gasteiger charge is -2.08. The van der Waals surface area contributed by atoms with Crippen molar-refractivity contribution in [3.05, 3.63) is 41.5 Å². The van der Waals surface area contributed by atoms with Gasteiger partial charge in [0.25, 0.3) is 0 Å². The van der Waals surface area contributed by atoms with E-state index < -0.39 is 10.0 Å². The molecule has 0 aliphatic rings. The zero-order chi connectivity index (χ0) is 14.6.